The lowest BCUT2D eigenvalue weighted by atomic mass is 10.4. The summed E-state index contributed by atoms with van der Waals surface area (Å²) in [5, 5.41) is 10.9. The van der Waals surface area contributed by atoms with Gasteiger partial charge in [-0.2, -0.15) is 0 Å². The van der Waals surface area contributed by atoms with E-state index in [0.29, 0.717) is 6.54 Å². The summed E-state index contributed by atoms with van der Waals surface area (Å²) in [5.41, 5.74) is 2.00. The molecule has 0 aliphatic rings. The molecular weight excluding hydrogens is 258 g/mol. The molecule has 0 radical (unpaired) electrons. The van der Waals surface area contributed by atoms with Gasteiger partial charge in [-0.05, 0) is 28.1 Å². The summed E-state index contributed by atoms with van der Waals surface area (Å²) < 4.78 is 2.56. The van der Waals surface area contributed by atoms with E-state index in [1.807, 2.05) is 19.2 Å². The van der Waals surface area contributed by atoms with Gasteiger partial charge < -0.3 is 5.32 Å². The second-order valence-corrected chi connectivity index (χ2v) is 3.88. The van der Waals surface area contributed by atoms with Crippen molar-refractivity contribution >= 4 is 21.6 Å². The molecule has 0 bridgehead atoms. The second kappa shape index (κ2) is 4.39. The molecule has 0 fully saturated rings. The van der Waals surface area contributed by atoms with Gasteiger partial charge in [-0.3, -0.25) is 4.68 Å². The van der Waals surface area contributed by atoms with Gasteiger partial charge in [0.25, 0.3) is 0 Å². The van der Waals surface area contributed by atoms with Gasteiger partial charge in [0.2, 0.25) is 0 Å². The first-order valence-corrected chi connectivity index (χ1v) is 5.24. The van der Waals surface area contributed by atoms with E-state index in [1.165, 1.54) is 0 Å². The Labute approximate surface area is 95.7 Å². The molecule has 0 aliphatic heterocycles. The standard InChI is InChI=1S/C9H10BrN5/c1-15-8(6-13-14-15)5-11-7-2-3-9(10)12-4-7/h2-4,6,11H,5H2,1H3. The van der Waals surface area contributed by atoms with Crippen LogP contribution in [0.25, 0.3) is 0 Å². The van der Waals surface area contributed by atoms with E-state index in [-0.39, 0.29) is 0 Å². The Kier molecular flexibility index (Phi) is 2.96. The highest BCUT2D eigenvalue weighted by Gasteiger charge is 1.99. The van der Waals surface area contributed by atoms with Crippen molar-refractivity contribution in [2.45, 2.75) is 6.54 Å². The lowest BCUT2D eigenvalue weighted by molar-refractivity contribution is 0.683. The fraction of sp³-hybridized carbons (Fsp3) is 0.222. The molecule has 1 N–H and O–H groups in total. The quantitative estimate of drug-likeness (QED) is 0.859. The molecule has 15 heavy (non-hydrogen) atoms. The van der Waals surface area contributed by atoms with Gasteiger partial charge in [0, 0.05) is 7.05 Å². The number of nitrogens with one attached hydrogen (secondary N) is 1. The maximum Gasteiger partial charge on any atom is 0.106 e. The highest BCUT2D eigenvalue weighted by atomic mass is 79.9. The van der Waals surface area contributed by atoms with Gasteiger partial charge in [-0.15, -0.1) is 5.10 Å². The lowest BCUT2D eigenvalue weighted by Gasteiger charge is -2.05. The largest absolute Gasteiger partial charge is 0.378 e. The monoisotopic (exact) mass is 267 g/mol. The molecule has 0 saturated carbocycles. The molecular formula is C9H10BrN5. The van der Waals surface area contributed by atoms with Gasteiger partial charge >= 0.3 is 0 Å². The molecule has 0 amide bonds. The van der Waals surface area contributed by atoms with Crippen LogP contribution in [0.15, 0.2) is 29.1 Å². The van der Waals surface area contributed by atoms with E-state index in [1.54, 1.807) is 17.1 Å². The first-order chi connectivity index (χ1) is 7.25. The van der Waals surface area contributed by atoms with Crippen molar-refractivity contribution < 1.29 is 0 Å². The first-order valence-electron chi connectivity index (χ1n) is 4.44. The minimum Gasteiger partial charge on any atom is -0.378 e. The van der Waals surface area contributed by atoms with Gasteiger partial charge in [0.05, 0.1) is 30.3 Å². The topological polar surface area (TPSA) is 55.6 Å². The van der Waals surface area contributed by atoms with Crippen molar-refractivity contribution in [3.63, 3.8) is 0 Å². The zero-order valence-corrected chi connectivity index (χ0v) is 9.77. The average molecular weight is 268 g/mol. The highest BCUT2D eigenvalue weighted by molar-refractivity contribution is 9.10. The molecule has 0 saturated heterocycles. The number of aromatic nitrogens is 4. The molecule has 2 heterocycles. The van der Waals surface area contributed by atoms with Crippen LogP contribution in [0, 0.1) is 0 Å². The Morgan fingerprint density at radius 1 is 1.40 bits per heavy atom. The molecule has 2 aromatic heterocycles. The second-order valence-electron chi connectivity index (χ2n) is 3.07. The van der Waals surface area contributed by atoms with Crippen molar-refractivity contribution in [2.24, 2.45) is 7.05 Å². The molecule has 0 aliphatic carbocycles. The molecule has 78 valence electrons. The predicted molar refractivity (Wildman–Crippen MR) is 60.3 cm³/mol. The van der Waals surface area contributed by atoms with Crippen molar-refractivity contribution in [1.82, 2.24) is 20.0 Å². The van der Waals surface area contributed by atoms with Gasteiger partial charge in [0.1, 0.15) is 4.60 Å². The molecule has 5 nitrogen and oxygen atoms in total. The van der Waals surface area contributed by atoms with Crippen LogP contribution in [0.1, 0.15) is 5.69 Å². The number of aryl methyl sites for hydroxylation is 1. The Morgan fingerprint density at radius 2 is 2.27 bits per heavy atom. The Bertz CT molecular complexity index is 436. The van der Waals surface area contributed by atoms with Crippen LogP contribution in [0.3, 0.4) is 0 Å². The van der Waals surface area contributed by atoms with Crippen LogP contribution in [0.4, 0.5) is 5.69 Å². The molecule has 0 spiro atoms. The Hall–Kier alpha value is -1.43. The summed E-state index contributed by atoms with van der Waals surface area (Å²) in [5.74, 6) is 0. The molecule has 0 unspecified atom stereocenters. The van der Waals surface area contributed by atoms with E-state index in [4.69, 9.17) is 0 Å². The van der Waals surface area contributed by atoms with E-state index in [9.17, 15) is 0 Å². The SMILES string of the molecule is Cn1nncc1CNc1ccc(Br)nc1. The van der Waals surface area contributed by atoms with Gasteiger partial charge in [-0.1, -0.05) is 5.21 Å². The van der Waals surface area contributed by atoms with E-state index in [0.717, 1.165) is 16.0 Å². The normalized spacial score (nSPS) is 10.3. The third-order valence-corrected chi connectivity index (χ3v) is 2.48. The van der Waals surface area contributed by atoms with Crippen LogP contribution in [0.2, 0.25) is 0 Å². The van der Waals surface area contributed by atoms with Crippen molar-refractivity contribution in [3.8, 4) is 0 Å². The summed E-state index contributed by atoms with van der Waals surface area (Å²) in [6, 6.07) is 3.85. The lowest BCUT2D eigenvalue weighted by Crippen LogP contribution is -2.05. The zero-order valence-electron chi connectivity index (χ0n) is 8.18. The summed E-state index contributed by atoms with van der Waals surface area (Å²) in [6.45, 7) is 0.687. The number of hydrogen-bond acceptors (Lipinski definition) is 4. The van der Waals surface area contributed by atoms with Crippen molar-refractivity contribution in [2.75, 3.05) is 5.32 Å². The van der Waals surface area contributed by atoms with Crippen LogP contribution in [-0.4, -0.2) is 20.0 Å². The van der Waals surface area contributed by atoms with Crippen LogP contribution < -0.4 is 5.32 Å². The molecule has 2 aromatic rings. The third-order valence-electron chi connectivity index (χ3n) is 2.01. The number of hydrogen-bond donors (Lipinski definition) is 1. The molecule has 0 atom stereocenters. The number of halogens is 1. The maximum absolute atomic E-state index is 4.12. The summed E-state index contributed by atoms with van der Waals surface area (Å²) in [4.78, 5) is 4.12. The fourth-order valence-electron chi connectivity index (χ4n) is 1.14. The van der Waals surface area contributed by atoms with Crippen molar-refractivity contribution in [3.05, 3.63) is 34.8 Å². The Morgan fingerprint density at radius 3 is 2.87 bits per heavy atom. The minimum absolute atomic E-state index is 0.687. The third kappa shape index (κ3) is 2.53. The minimum atomic E-state index is 0.687. The Balaban J connectivity index is 1.99. The highest BCUT2D eigenvalue weighted by Crippen LogP contribution is 2.11. The maximum atomic E-state index is 4.12. The fourth-order valence-corrected chi connectivity index (χ4v) is 1.38. The molecule has 2 rings (SSSR count). The summed E-state index contributed by atoms with van der Waals surface area (Å²) >= 11 is 3.28. The predicted octanol–water partition coefficient (Wildman–Crippen LogP) is 1.58. The number of anilines is 1. The van der Waals surface area contributed by atoms with Gasteiger partial charge in [0.15, 0.2) is 0 Å². The van der Waals surface area contributed by atoms with E-state index < -0.39 is 0 Å². The number of pyridine rings is 1. The summed E-state index contributed by atoms with van der Waals surface area (Å²) in [6.07, 6.45) is 3.51. The summed E-state index contributed by atoms with van der Waals surface area (Å²) in [7, 11) is 1.86. The molecule has 0 aromatic carbocycles. The van der Waals surface area contributed by atoms with Crippen LogP contribution >= 0.6 is 15.9 Å². The zero-order chi connectivity index (χ0) is 10.7. The number of rotatable bonds is 3. The smallest absolute Gasteiger partial charge is 0.106 e. The van der Waals surface area contributed by atoms with Crippen LogP contribution in [-0.2, 0) is 13.6 Å². The molecule has 6 heteroatoms. The van der Waals surface area contributed by atoms with E-state index in [2.05, 4.69) is 36.5 Å². The number of nitrogens with zero attached hydrogens (tertiary/aromatic N) is 4. The first kappa shape index (κ1) is 10.1. The van der Waals surface area contributed by atoms with Crippen molar-refractivity contribution in [1.29, 1.82) is 0 Å². The van der Waals surface area contributed by atoms with Gasteiger partial charge in [-0.25, -0.2) is 4.98 Å². The van der Waals surface area contributed by atoms with Crippen LogP contribution in [0.5, 0.6) is 0 Å². The van der Waals surface area contributed by atoms with E-state index >= 15 is 0 Å². The average Bonchev–Trinajstić information content (AvgIpc) is 2.63.